The molecule has 0 aliphatic carbocycles. The maximum absolute atomic E-state index is 5.13. The number of rotatable bonds is 6. The first-order valence-corrected chi connectivity index (χ1v) is 7.43. The van der Waals surface area contributed by atoms with Crippen molar-refractivity contribution in [2.24, 2.45) is 0 Å². The first kappa shape index (κ1) is 14.8. The van der Waals surface area contributed by atoms with E-state index in [1.54, 1.807) is 18.9 Å². The fraction of sp³-hybridized carbons (Fsp3) is 0.333. The summed E-state index contributed by atoms with van der Waals surface area (Å²) in [7, 11) is 3.53. The van der Waals surface area contributed by atoms with Crippen LogP contribution < -0.4 is 5.32 Å². The third-order valence-electron chi connectivity index (χ3n) is 2.76. The summed E-state index contributed by atoms with van der Waals surface area (Å²) in [5, 5.41) is 3.06. The average Bonchev–Trinajstić information content (AvgIpc) is 2.47. The SMILES string of the molecule is CNc1cc(COC)nc(CSc2ccc(C)cc2)n1. The van der Waals surface area contributed by atoms with Gasteiger partial charge in [0, 0.05) is 25.1 Å². The fourth-order valence-corrected chi connectivity index (χ4v) is 2.50. The van der Waals surface area contributed by atoms with Crippen LogP contribution in [0, 0.1) is 6.92 Å². The van der Waals surface area contributed by atoms with Crippen molar-refractivity contribution >= 4 is 17.6 Å². The summed E-state index contributed by atoms with van der Waals surface area (Å²) in [4.78, 5) is 10.2. The van der Waals surface area contributed by atoms with Crippen molar-refractivity contribution in [2.45, 2.75) is 24.2 Å². The first-order valence-electron chi connectivity index (χ1n) is 6.44. The van der Waals surface area contributed by atoms with Gasteiger partial charge in [0.1, 0.15) is 11.6 Å². The van der Waals surface area contributed by atoms with E-state index in [2.05, 4.69) is 46.5 Å². The lowest BCUT2D eigenvalue weighted by atomic mass is 10.2. The number of methoxy groups -OCH3 is 1. The molecule has 0 saturated heterocycles. The van der Waals surface area contributed by atoms with E-state index in [9.17, 15) is 0 Å². The number of ether oxygens (including phenoxy) is 1. The zero-order chi connectivity index (χ0) is 14.4. The highest BCUT2D eigenvalue weighted by Crippen LogP contribution is 2.22. The predicted molar refractivity (Wildman–Crippen MR) is 83.0 cm³/mol. The summed E-state index contributed by atoms with van der Waals surface area (Å²) in [6.45, 7) is 2.59. The van der Waals surface area contributed by atoms with Crippen LogP contribution >= 0.6 is 11.8 Å². The van der Waals surface area contributed by atoms with Crippen molar-refractivity contribution in [1.29, 1.82) is 0 Å². The molecule has 0 saturated carbocycles. The maximum atomic E-state index is 5.13. The van der Waals surface area contributed by atoms with Crippen molar-refractivity contribution < 1.29 is 4.74 Å². The van der Waals surface area contributed by atoms with Crippen molar-refractivity contribution in [1.82, 2.24) is 9.97 Å². The van der Waals surface area contributed by atoms with Gasteiger partial charge in [-0.25, -0.2) is 9.97 Å². The van der Waals surface area contributed by atoms with Crippen molar-refractivity contribution in [3.05, 3.63) is 47.4 Å². The molecule has 1 aromatic heterocycles. The highest BCUT2D eigenvalue weighted by Gasteiger charge is 2.05. The number of aromatic nitrogens is 2. The van der Waals surface area contributed by atoms with Gasteiger partial charge in [-0.15, -0.1) is 11.8 Å². The Balaban J connectivity index is 2.07. The lowest BCUT2D eigenvalue weighted by molar-refractivity contribution is 0.181. The average molecular weight is 289 g/mol. The molecule has 20 heavy (non-hydrogen) atoms. The highest BCUT2D eigenvalue weighted by atomic mass is 32.2. The van der Waals surface area contributed by atoms with E-state index in [-0.39, 0.29) is 0 Å². The molecule has 0 spiro atoms. The Labute approximate surface area is 124 Å². The normalized spacial score (nSPS) is 10.6. The molecular weight excluding hydrogens is 270 g/mol. The Morgan fingerprint density at radius 1 is 1.20 bits per heavy atom. The largest absolute Gasteiger partial charge is 0.378 e. The topological polar surface area (TPSA) is 47.0 Å². The van der Waals surface area contributed by atoms with Gasteiger partial charge in [-0.2, -0.15) is 0 Å². The van der Waals surface area contributed by atoms with E-state index >= 15 is 0 Å². The van der Waals surface area contributed by atoms with Crippen LogP contribution in [0.2, 0.25) is 0 Å². The third kappa shape index (κ3) is 4.21. The molecule has 0 aliphatic rings. The second-order valence-corrected chi connectivity index (χ2v) is 5.49. The van der Waals surface area contributed by atoms with Gasteiger partial charge >= 0.3 is 0 Å². The number of nitrogens with zero attached hydrogens (tertiary/aromatic N) is 2. The van der Waals surface area contributed by atoms with Gasteiger partial charge in [-0.05, 0) is 19.1 Å². The molecular formula is C15H19N3OS. The molecule has 0 aliphatic heterocycles. The summed E-state index contributed by atoms with van der Waals surface area (Å²) >= 11 is 1.73. The monoisotopic (exact) mass is 289 g/mol. The Bertz CT molecular complexity index is 558. The van der Waals surface area contributed by atoms with Crippen LogP contribution in [-0.4, -0.2) is 24.1 Å². The first-order chi connectivity index (χ1) is 9.71. The molecule has 0 fully saturated rings. The molecule has 2 aromatic rings. The van der Waals surface area contributed by atoms with Crippen LogP contribution in [0.1, 0.15) is 17.1 Å². The standard InChI is InChI=1S/C15H19N3OS/c1-11-4-6-13(7-5-11)20-10-15-17-12(9-19-3)8-14(16-2)18-15/h4-8H,9-10H2,1-3H3,(H,16,17,18). The molecule has 106 valence electrons. The molecule has 4 nitrogen and oxygen atoms in total. The van der Waals surface area contributed by atoms with E-state index < -0.39 is 0 Å². The van der Waals surface area contributed by atoms with Gasteiger partial charge < -0.3 is 10.1 Å². The minimum atomic E-state index is 0.499. The van der Waals surface area contributed by atoms with E-state index in [4.69, 9.17) is 4.74 Å². The lowest BCUT2D eigenvalue weighted by Crippen LogP contribution is -2.03. The van der Waals surface area contributed by atoms with Crippen molar-refractivity contribution in [3.8, 4) is 0 Å². The summed E-state index contributed by atoms with van der Waals surface area (Å²) in [5.41, 5.74) is 2.16. The lowest BCUT2D eigenvalue weighted by Gasteiger charge is -2.07. The summed E-state index contributed by atoms with van der Waals surface area (Å²) in [6.07, 6.45) is 0. The number of nitrogens with one attached hydrogen (secondary N) is 1. The molecule has 0 unspecified atom stereocenters. The van der Waals surface area contributed by atoms with Gasteiger partial charge in [-0.3, -0.25) is 0 Å². The number of anilines is 1. The van der Waals surface area contributed by atoms with Gasteiger partial charge in [0.05, 0.1) is 18.1 Å². The summed E-state index contributed by atoms with van der Waals surface area (Å²) < 4.78 is 5.13. The quantitative estimate of drug-likeness (QED) is 0.827. The molecule has 0 radical (unpaired) electrons. The third-order valence-corrected chi connectivity index (χ3v) is 3.77. The van der Waals surface area contributed by atoms with Crippen LogP contribution in [0.3, 0.4) is 0 Å². The van der Waals surface area contributed by atoms with Gasteiger partial charge in [0.2, 0.25) is 0 Å². The van der Waals surface area contributed by atoms with E-state index in [1.807, 2.05) is 13.1 Å². The van der Waals surface area contributed by atoms with Crippen molar-refractivity contribution in [3.63, 3.8) is 0 Å². The van der Waals surface area contributed by atoms with Crippen molar-refractivity contribution in [2.75, 3.05) is 19.5 Å². The van der Waals surface area contributed by atoms with E-state index in [0.29, 0.717) is 6.61 Å². The smallest absolute Gasteiger partial charge is 0.141 e. The van der Waals surface area contributed by atoms with Gasteiger partial charge in [0.25, 0.3) is 0 Å². The highest BCUT2D eigenvalue weighted by molar-refractivity contribution is 7.98. The number of hydrogen-bond donors (Lipinski definition) is 1. The molecule has 2 rings (SSSR count). The van der Waals surface area contributed by atoms with Gasteiger partial charge in [0.15, 0.2) is 0 Å². The minimum Gasteiger partial charge on any atom is -0.378 e. The van der Waals surface area contributed by atoms with Crippen LogP contribution in [0.5, 0.6) is 0 Å². The van der Waals surface area contributed by atoms with Crippen LogP contribution in [-0.2, 0) is 17.1 Å². The Morgan fingerprint density at radius 3 is 2.60 bits per heavy atom. The molecule has 0 bridgehead atoms. The zero-order valence-corrected chi connectivity index (χ0v) is 12.8. The van der Waals surface area contributed by atoms with E-state index in [0.717, 1.165) is 23.1 Å². The number of aryl methyl sites for hydroxylation is 1. The van der Waals surface area contributed by atoms with Crippen LogP contribution in [0.4, 0.5) is 5.82 Å². The summed E-state index contributed by atoms with van der Waals surface area (Å²) in [5.74, 6) is 2.39. The molecule has 1 aromatic carbocycles. The number of hydrogen-bond acceptors (Lipinski definition) is 5. The minimum absolute atomic E-state index is 0.499. The molecule has 5 heteroatoms. The molecule has 0 amide bonds. The molecule has 1 heterocycles. The second-order valence-electron chi connectivity index (χ2n) is 4.45. The predicted octanol–water partition coefficient (Wildman–Crippen LogP) is 3.27. The molecule has 0 atom stereocenters. The number of thioether (sulfide) groups is 1. The zero-order valence-electron chi connectivity index (χ0n) is 12.0. The summed E-state index contributed by atoms with van der Waals surface area (Å²) in [6, 6.07) is 10.4. The second kappa shape index (κ2) is 7.26. The van der Waals surface area contributed by atoms with Crippen LogP contribution in [0.25, 0.3) is 0 Å². The Kier molecular flexibility index (Phi) is 5.38. The van der Waals surface area contributed by atoms with Gasteiger partial charge in [-0.1, -0.05) is 17.7 Å². The Hall–Kier alpha value is -1.59. The molecule has 1 N–H and O–H groups in total. The fourth-order valence-electron chi connectivity index (χ4n) is 1.75. The van der Waals surface area contributed by atoms with E-state index in [1.165, 1.54) is 10.5 Å². The van der Waals surface area contributed by atoms with Crippen LogP contribution in [0.15, 0.2) is 35.2 Å². The number of benzene rings is 1. The Morgan fingerprint density at radius 2 is 1.95 bits per heavy atom. The maximum Gasteiger partial charge on any atom is 0.141 e.